The van der Waals surface area contributed by atoms with Gasteiger partial charge in [0, 0.05) is 32.1 Å². The summed E-state index contributed by atoms with van der Waals surface area (Å²) in [7, 11) is -2.27. The van der Waals surface area contributed by atoms with Crippen LogP contribution in [0.15, 0.2) is 28.2 Å². The Hall–Kier alpha value is -1.18. The lowest BCUT2D eigenvalue weighted by Crippen LogP contribution is -2.39. The molecule has 0 radical (unpaired) electrons. The Morgan fingerprint density at radius 2 is 2.29 bits per heavy atom. The summed E-state index contributed by atoms with van der Waals surface area (Å²) in [5, 5.41) is 0. The van der Waals surface area contributed by atoms with Crippen molar-refractivity contribution in [1.29, 1.82) is 0 Å². The second-order valence-corrected chi connectivity index (χ2v) is 5.88. The zero-order valence-corrected chi connectivity index (χ0v) is 10.2. The number of aromatic nitrogens is 1. The van der Waals surface area contributed by atoms with E-state index in [2.05, 4.69) is 4.98 Å². The first-order chi connectivity index (χ1) is 8.03. The van der Waals surface area contributed by atoms with Crippen molar-refractivity contribution >= 4 is 10.0 Å². The molecule has 1 aliphatic heterocycles. The number of hydrogen-bond acceptors (Lipinski definition) is 4. The van der Waals surface area contributed by atoms with E-state index >= 15 is 0 Å². The van der Waals surface area contributed by atoms with Crippen molar-refractivity contribution in [3.05, 3.63) is 28.7 Å². The fraction of sp³-hybridized carbons (Fsp3) is 0.500. The van der Waals surface area contributed by atoms with Gasteiger partial charge in [-0.05, 0) is 6.42 Å². The molecule has 1 atom stereocenters. The van der Waals surface area contributed by atoms with Gasteiger partial charge in [0.05, 0.1) is 12.6 Å². The molecule has 1 aromatic heterocycles. The molecule has 1 saturated heterocycles. The molecular formula is C10H14N2O4S. The van der Waals surface area contributed by atoms with Crippen LogP contribution in [0, 0.1) is 0 Å². The summed E-state index contributed by atoms with van der Waals surface area (Å²) < 4.78 is 30.7. The number of sulfonamides is 1. The van der Waals surface area contributed by atoms with Gasteiger partial charge < -0.3 is 9.72 Å². The van der Waals surface area contributed by atoms with Crippen LogP contribution in [0.5, 0.6) is 0 Å². The van der Waals surface area contributed by atoms with Gasteiger partial charge in [0.2, 0.25) is 15.5 Å². The number of nitrogens with zero attached hydrogens (tertiary/aromatic N) is 1. The normalized spacial score (nSPS) is 20.9. The lowest BCUT2D eigenvalue weighted by molar-refractivity contribution is 0.181. The summed E-state index contributed by atoms with van der Waals surface area (Å²) in [5.74, 6) is 0. The predicted molar refractivity (Wildman–Crippen MR) is 61.2 cm³/mol. The average molecular weight is 258 g/mol. The molecule has 1 N–H and O–H groups in total. The minimum absolute atomic E-state index is 0.195. The molecule has 0 bridgehead atoms. The Morgan fingerprint density at radius 1 is 1.53 bits per heavy atom. The molecule has 1 unspecified atom stereocenters. The number of ether oxygens (including phenoxy) is 1. The first-order valence-electron chi connectivity index (χ1n) is 5.26. The summed E-state index contributed by atoms with van der Waals surface area (Å²) in [6.45, 7) is 0.927. The number of pyridine rings is 1. The van der Waals surface area contributed by atoms with E-state index in [1.807, 2.05) is 0 Å². The Labute approximate surface area is 99.3 Å². The maximum absolute atomic E-state index is 12.2. The van der Waals surface area contributed by atoms with Crippen molar-refractivity contribution in [1.82, 2.24) is 9.29 Å². The highest BCUT2D eigenvalue weighted by Crippen LogP contribution is 2.18. The lowest BCUT2D eigenvalue weighted by atomic mass is 10.3. The SMILES string of the molecule is CN(C1CCOC1)S(=O)(=O)c1c[nH]ccc1=O. The largest absolute Gasteiger partial charge is 0.380 e. The third-order valence-electron chi connectivity index (χ3n) is 2.87. The summed E-state index contributed by atoms with van der Waals surface area (Å²) >= 11 is 0. The average Bonchev–Trinajstić information content (AvgIpc) is 2.81. The third-order valence-corrected chi connectivity index (χ3v) is 4.80. The van der Waals surface area contributed by atoms with E-state index in [-0.39, 0.29) is 10.9 Å². The summed E-state index contributed by atoms with van der Waals surface area (Å²) in [6.07, 6.45) is 3.27. The Bertz CT molecular complexity index is 545. The number of H-pyrrole nitrogens is 1. The summed E-state index contributed by atoms with van der Waals surface area (Å²) in [4.78, 5) is 13.9. The van der Waals surface area contributed by atoms with Crippen LogP contribution in [0.2, 0.25) is 0 Å². The minimum Gasteiger partial charge on any atom is -0.380 e. The molecule has 6 nitrogen and oxygen atoms in total. The van der Waals surface area contributed by atoms with Crippen LogP contribution < -0.4 is 5.43 Å². The Kier molecular flexibility index (Phi) is 3.32. The number of likely N-dealkylation sites (N-methyl/N-ethyl adjacent to an activating group) is 1. The maximum Gasteiger partial charge on any atom is 0.248 e. The molecule has 1 aliphatic rings. The molecule has 1 fully saturated rings. The van der Waals surface area contributed by atoms with Crippen LogP contribution in [-0.2, 0) is 14.8 Å². The molecule has 2 heterocycles. The molecule has 0 amide bonds. The topological polar surface area (TPSA) is 79.5 Å². The van der Waals surface area contributed by atoms with Gasteiger partial charge in [-0.2, -0.15) is 4.31 Å². The molecule has 1 aromatic rings. The second-order valence-electron chi connectivity index (χ2n) is 3.91. The van der Waals surface area contributed by atoms with E-state index in [1.54, 1.807) is 0 Å². The zero-order chi connectivity index (χ0) is 12.5. The van der Waals surface area contributed by atoms with Crippen LogP contribution in [0.3, 0.4) is 0 Å². The van der Waals surface area contributed by atoms with E-state index in [0.29, 0.717) is 19.6 Å². The minimum atomic E-state index is -3.74. The van der Waals surface area contributed by atoms with E-state index in [0.717, 1.165) is 0 Å². The molecular weight excluding hydrogens is 244 g/mol. The number of rotatable bonds is 3. The van der Waals surface area contributed by atoms with Crippen molar-refractivity contribution in [2.24, 2.45) is 0 Å². The van der Waals surface area contributed by atoms with Crippen LogP contribution in [-0.4, -0.2) is 44.0 Å². The Balaban J connectivity index is 2.36. The number of hydrogen-bond donors (Lipinski definition) is 1. The maximum atomic E-state index is 12.2. The van der Waals surface area contributed by atoms with Gasteiger partial charge >= 0.3 is 0 Å². The fourth-order valence-electron chi connectivity index (χ4n) is 1.76. The summed E-state index contributed by atoms with van der Waals surface area (Å²) in [6, 6.07) is 1.01. The molecule has 0 saturated carbocycles. The van der Waals surface area contributed by atoms with Gasteiger partial charge in [0.25, 0.3) is 0 Å². The number of aromatic amines is 1. The summed E-state index contributed by atoms with van der Waals surface area (Å²) in [5.41, 5.74) is -0.505. The van der Waals surface area contributed by atoms with E-state index in [4.69, 9.17) is 4.74 Å². The van der Waals surface area contributed by atoms with Gasteiger partial charge in [-0.25, -0.2) is 8.42 Å². The molecule has 0 aliphatic carbocycles. The molecule has 0 aromatic carbocycles. The van der Waals surface area contributed by atoms with E-state index < -0.39 is 15.5 Å². The molecule has 2 rings (SSSR count). The first-order valence-corrected chi connectivity index (χ1v) is 6.70. The van der Waals surface area contributed by atoms with Crippen LogP contribution in [0.25, 0.3) is 0 Å². The van der Waals surface area contributed by atoms with Crippen molar-refractivity contribution in [3.8, 4) is 0 Å². The van der Waals surface area contributed by atoms with Crippen LogP contribution in [0.4, 0.5) is 0 Å². The van der Waals surface area contributed by atoms with Gasteiger partial charge in [-0.3, -0.25) is 4.79 Å². The van der Waals surface area contributed by atoms with Crippen molar-refractivity contribution in [3.63, 3.8) is 0 Å². The fourth-order valence-corrected chi connectivity index (χ4v) is 3.17. The van der Waals surface area contributed by atoms with Crippen molar-refractivity contribution in [2.75, 3.05) is 20.3 Å². The monoisotopic (exact) mass is 258 g/mol. The van der Waals surface area contributed by atoms with E-state index in [9.17, 15) is 13.2 Å². The molecule has 94 valence electrons. The predicted octanol–water partition coefficient (Wildman–Crippen LogP) is -0.216. The Morgan fingerprint density at radius 3 is 2.88 bits per heavy atom. The lowest BCUT2D eigenvalue weighted by Gasteiger charge is -2.21. The van der Waals surface area contributed by atoms with Crippen molar-refractivity contribution < 1.29 is 13.2 Å². The smallest absolute Gasteiger partial charge is 0.248 e. The zero-order valence-electron chi connectivity index (χ0n) is 9.42. The standard InChI is InChI=1S/C10H14N2O4S/c1-12(8-3-5-16-7-8)17(14,15)10-6-11-4-2-9(10)13/h2,4,6,8H,3,5,7H2,1H3,(H,11,13). The van der Waals surface area contributed by atoms with Gasteiger partial charge in [-0.15, -0.1) is 0 Å². The quantitative estimate of drug-likeness (QED) is 0.813. The second kappa shape index (κ2) is 4.59. The van der Waals surface area contributed by atoms with Crippen LogP contribution in [0.1, 0.15) is 6.42 Å². The highest BCUT2D eigenvalue weighted by molar-refractivity contribution is 7.89. The number of nitrogens with one attached hydrogen (secondary N) is 1. The van der Waals surface area contributed by atoms with Gasteiger partial charge in [-0.1, -0.05) is 0 Å². The molecule has 17 heavy (non-hydrogen) atoms. The molecule has 0 spiro atoms. The first kappa shape index (κ1) is 12.3. The van der Waals surface area contributed by atoms with Gasteiger partial charge in [0.15, 0.2) is 0 Å². The van der Waals surface area contributed by atoms with Gasteiger partial charge in [0.1, 0.15) is 4.90 Å². The highest BCUT2D eigenvalue weighted by atomic mass is 32.2. The molecule has 7 heteroatoms. The van der Waals surface area contributed by atoms with Crippen LogP contribution >= 0.6 is 0 Å². The third kappa shape index (κ3) is 2.26. The van der Waals surface area contributed by atoms with Crippen molar-refractivity contribution in [2.45, 2.75) is 17.4 Å². The highest BCUT2D eigenvalue weighted by Gasteiger charge is 2.31. The van der Waals surface area contributed by atoms with E-state index in [1.165, 1.54) is 29.8 Å².